The molecule has 2 fully saturated rings. The van der Waals surface area contributed by atoms with Gasteiger partial charge in [-0.15, -0.1) is 11.3 Å². The molecule has 0 bridgehead atoms. The van der Waals surface area contributed by atoms with E-state index in [2.05, 4.69) is 34.7 Å². The van der Waals surface area contributed by atoms with Gasteiger partial charge in [0.05, 0.1) is 6.61 Å². The van der Waals surface area contributed by atoms with Crippen molar-refractivity contribution < 1.29 is 4.74 Å². The molecule has 1 aromatic rings. The van der Waals surface area contributed by atoms with Crippen LogP contribution < -0.4 is 5.32 Å². The topological polar surface area (TPSA) is 24.5 Å². The molecule has 1 N–H and O–H groups in total. The predicted octanol–water partition coefficient (Wildman–Crippen LogP) is 3.12. The van der Waals surface area contributed by atoms with Crippen molar-refractivity contribution in [3.05, 3.63) is 22.4 Å². The van der Waals surface area contributed by atoms with Gasteiger partial charge >= 0.3 is 0 Å². The smallest absolute Gasteiger partial charge is 0.0546 e. The second-order valence-electron chi connectivity index (χ2n) is 6.65. The molecule has 2 aliphatic rings. The van der Waals surface area contributed by atoms with Gasteiger partial charge in [-0.2, -0.15) is 0 Å². The summed E-state index contributed by atoms with van der Waals surface area (Å²) in [7, 11) is 0. The molecule has 1 unspecified atom stereocenters. The molecule has 1 saturated heterocycles. The second-order valence-corrected chi connectivity index (χ2v) is 7.68. The van der Waals surface area contributed by atoms with E-state index in [-0.39, 0.29) is 0 Å². The molecule has 2 heterocycles. The third-order valence-electron chi connectivity index (χ3n) is 4.69. The lowest BCUT2D eigenvalue weighted by Crippen LogP contribution is -2.49. The van der Waals surface area contributed by atoms with Crippen LogP contribution in [0.4, 0.5) is 0 Å². The number of ether oxygens (including phenoxy) is 1. The van der Waals surface area contributed by atoms with Crippen LogP contribution in [0.15, 0.2) is 17.5 Å². The molecule has 1 aliphatic carbocycles. The normalized spacial score (nSPS) is 26.4. The number of rotatable bonds is 8. The predicted molar refractivity (Wildman–Crippen MR) is 88.8 cm³/mol. The molecule has 118 valence electrons. The molecule has 0 radical (unpaired) electrons. The Hall–Kier alpha value is -0.420. The van der Waals surface area contributed by atoms with Gasteiger partial charge in [0.25, 0.3) is 0 Å². The Balaban J connectivity index is 1.66. The van der Waals surface area contributed by atoms with Crippen LogP contribution in [0.2, 0.25) is 0 Å². The minimum absolute atomic E-state index is 0.314. The van der Waals surface area contributed by atoms with Crippen molar-refractivity contribution in [2.24, 2.45) is 5.41 Å². The highest BCUT2D eigenvalue weighted by Crippen LogP contribution is 2.35. The van der Waals surface area contributed by atoms with Gasteiger partial charge in [0.15, 0.2) is 0 Å². The molecule has 1 saturated carbocycles. The fourth-order valence-corrected chi connectivity index (χ4v) is 4.14. The monoisotopic (exact) mass is 308 g/mol. The average Bonchev–Trinajstić information content (AvgIpc) is 3.24. The molecule has 4 heteroatoms. The Kier molecular flexibility index (Phi) is 5.33. The van der Waals surface area contributed by atoms with Gasteiger partial charge in [-0.25, -0.2) is 0 Å². The molecular weight excluding hydrogens is 280 g/mol. The number of hydrogen-bond acceptors (Lipinski definition) is 4. The molecular formula is C17H28N2OS. The van der Waals surface area contributed by atoms with Crippen LogP contribution in [0.5, 0.6) is 0 Å². The largest absolute Gasteiger partial charge is 0.381 e. The molecule has 3 nitrogen and oxygen atoms in total. The summed E-state index contributed by atoms with van der Waals surface area (Å²) < 4.78 is 5.85. The van der Waals surface area contributed by atoms with Crippen molar-refractivity contribution in [3.63, 3.8) is 0 Å². The first-order chi connectivity index (χ1) is 10.3. The molecule has 0 aromatic carbocycles. The van der Waals surface area contributed by atoms with E-state index in [9.17, 15) is 0 Å². The third-order valence-corrected chi connectivity index (χ3v) is 5.56. The van der Waals surface area contributed by atoms with Gasteiger partial charge in [-0.1, -0.05) is 13.0 Å². The van der Waals surface area contributed by atoms with Crippen LogP contribution in [0.25, 0.3) is 0 Å². The first-order valence-electron chi connectivity index (χ1n) is 8.36. The first kappa shape index (κ1) is 15.5. The molecule has 0 spiro atoms. The lowest BCUT2D eigenvalue weighted by Gasteiger charge is -2.41. The first-order valence-corrected chi connectivity index (χ1v) is 9.24. The van der Waals surface area contributed by atoms with Crippen molar-refractivity contribution in [2.45, 2.75) is 45.2 Å². The maximum Gasteiger partial charge on any atom is 0.0546 e. The minimum Gasteiger partial charge on any atom is -0.381 e. The fourth-order valence-electron chi connectivity index (χ4n) is 3.41. The number of nitrogens with zero attached hydrogens (tertiary/aromatic N) is 1. The Morgan fingerprint density at radius 2 is 2.38 bits per heavy atom. The zero-order valence-electron chi connectivity index (χ0n) is 13.1. The van der Waals surface area contributed by atoms with Crippen molar-refractivity contribution in [1.29, 1.82) is 0 Å². The Labute approximate surface area is 132 Å². The summed E-state index contributed by atoms with van der Waals surface area (Å²) in [6.45, 7) is 8.52. The van der Waals surface area contributed by atoms with Crippen LogP contribution in [-0.4, -0.2) is 43.8 Å². The van der Waals surface area contributed by atoms with Crippen molar-refractivity contribution in [1.82, 2.24) is 10.2 Å². The second kappa shape index (κ2) is 7.23. The van der Waals surface area contributed by atoms with Crippen molar-refractivity contribution in [3.8, 4) is 0 Å². The van der Waals surface area contributed by atoms with Crippen molar-refractivity contribution >= 4 is 11.3 Å². The van der Waals surface area contributed by atoms with E-state index in [0.29, 0.717) is 5.41 Å². The summed E-state index contributed by atoms with van der Waals surface area (Å²) in [6.07, 6.45) is 5.27. The molecule has 1 atom stereocenters. The standard InChI is InChI=1S/C17H28N2OS/c1-2-18-12-17(8-4-9-20-14-17)13-19(15-6-7-15)11-16-5-3-10-21-16/h3,5,10,15,18H,2,4,6-9,11-14H2,1H3. The van der Waals surface area contributed by atoms with Gasteiger partial charge < -0.3 is 10.1 Å². The van der Waals surface area contributed by atoms with Gasteiger partial charge in [0, 0.05) is 42.6 Å². The summed E-state index contributed by atoms with van der Waals surface area (Å²) in [5.41, 5.74) is 0.314. The van der Waals surface area contributed by atoms with E-state index < -0.39 is 0 Å². The van der Waals surface area contributed by atoms with Crippen LogP contribution in [-0.2, 0) is 11.3 Å². The average molecular weight is 308 g/mol. The van der Waals surface area contributed by atoms with Gasteiger partial charge in [0.1, 0.15) is 0 Å². The molecule has 1 aliphatic heterocycles. The Morgan fingerprint density at radius 3 is 3.00 bits per heavy atom. The third kappa shape index (κ3) is 4.28. The summed E-state index contributed by atoms with van der Waals surface area (Å²) in [5.74, 6) is 0. The summed E-state index contributed by atoms with van der Waals surface area (Å²) in [4.78, 5) is 4.22. The Bertz CT molecular complexity index is 410. The fraction of sp³-hybridized carbons (Fsp3) is 0.765. The SMILES string of the molecule is CCNCC1(CN(Cc2cccs2)C2CC2)CCCOC1. The highest BCUT2D eigenvalue weighted by molar-refractivity contribution is 7.09. The zero-order chi connectivity index (χ0) is 14.5. The quantitative estimate of drug-likeness (QED) is 0.798. The molecule has 0 amide bonds. The van der Waals surface area contributed by atoms with E-state index in [4.69, 9.17) is 4.74 Å². The van der Waals surface area contributed by atoms with E-state index in [0.717, 1.165) is 38.9 Å². The van der Waals surface area contributed by atoms with E-state index in [1.165, 1.54) is 37.1 Å². The van der Waals surface area contributed by atoms with Gasteiger partial charge in [-0.05, 0) is 43.7 Å². The van der Waals surface area contributed by atoms with Crippen LogP contribution in [0, 0.1) is 5.41 Å². The highest BCUT2D eigenvalue weighted by atomic mass is 32.1. The minimum atomic E-state index is 0.314. The number of nitrogens with one attached hydrogen (secondary N) is 1. The van der Waals surface area contributed by atoms with Crippen LogP contribution in [0.1, 0.15) is 37.5 Å². The lowest BCUT2D eigenvalue weighted by molar-refractivity contribution is -0.0286. The molecule has 1 aromatic heterocycles. The lowest BCUT2D eigenvalue weighted by atomic mass is 9.81. The highest BCUT2D eigenvalue weighted by Gasteiger charge is 2.39. The van der Waals surface area contributed by atoms with E-state index in [1.807, 2.05) is 11.3 Å². The summed E-state index contributed by atoms with van der Waals surface area (Å²) in [6, 6.07) is 5.25. The van der Waals surface area contributed by atoms with Gasteiger partial charge in [0.2, 0.25) is 0 Å². The Morgan fingerprint density at radius 1 is 1.48 bits per heavy atom. The number of thiophene rings is 1. The zero-order valence-corrected chi connectivity index (χ0v) is 14.0. The number of hydrogen-bond donors (Lipinski definition) is 1. The summed E-state index contributed by atoms with van der Waals surface area (Å²) >= 11 is 1.89. The maximum atomic E-state index is 5.85. The maximum absolute atomic E-state index is 5.85. The van der Waals surface area contributed by atoms with Gasteiger partial charge in [-0.3, -0.25) is 4.90 Å². The van der Waals surface area contributed by atoms with Crippen LogP contribution in [0.3, 0.4) is 0 Å². The van der Waals surface area contributed by atoms with E-state index >= 15 is 0 Å². The summed E-state index contributed by atoms with van der Waals surface area (Å²) in [5, 5.41) is 5.77. The van der Waals surface area contributed by atoms with E-state index in [1.54, 1.807) is 0 Å². The van der Waals surface area contributed by atoms with Crippen molar-refractivity contribution in [2.75, 3.05) is 32.8 Å². The molecule has 21 heavy (non-hydrogen) atoms. The molecule has 3 rings (SSSR count). The van der Waals surface area contributed by atoms with Crippen LogP contribution >= 0.6 is 11.3 Å².